The number of rotatable bonds is 9. The van der Waals surface area contributed by atoms with Crippen LogP contribution in [0.2, 0.25) is 0 Å². The van der Waals surface area contributed by atoms with Gasteiger partial charge in [0, 0.05) is 11.3 Å². The Kier molecular flexibility index (Phi) is 6.81. The van der Waals surface area contributed by atoms with Crippen LogP contribution in [0.3, 0.4) is 0 Å². The molecule has 3 aromatic heterocycles. The van der Waals surface area contributed by atoms with Crippen molar-refractivity contribution in [2.45, 2.75) is 20.0 Å². The normalized spacial score (nSPS) is 11.1. The number of para-hydroxylation sites is 1. The van der Waals surface area contributed by atoms with Crippen molar-refractivity contribution in [2.24, 2.45) is 5.73 Å². The third-order valence-corrected chi connectivity index (χ3v) is 5.49. The lowest BCUT2D eigenvalue weighted by Gasteiger charge is -2.07. The Balaban J connectivity index is 1.52. The second-order valence-electron chi connectivity index (χ2n) is 8.19. The van der Waals surface area contributed by atoms with Gasteiger partial charge in [0.25, 0.3) is 0 Å². The van der Waals surface area contributed by atoms with Gasteiger partial charge in [0.05, 0.1) is 35.2 Å². The fraction of sp³-hybridized carbons (Fsp3) is 0.185. The number of aryl methyl sites for hydroxylation is 1. The van der Waals surface area contributed by atoms with Crippen LogP contribution in [0, 0.1) is 12.7 Å². The summed E-state index contributed by atoms with van der Waals surface area (Å²) in [6.07, 6.45) is 2.34. The average Bonchev–Trinajstić information content (AvgIpc) is 3.32. The molecule has 0 bridgehead atoms. The molecule has 0 atom stereocenters. The number of benzene rings is 2. The number of halogens is 1. The molecule has 0 saturated heterocycles. The molecule has 0 saturated carbocycles. The number of hydrogen-bond acceptors (Lipinski definition) is 7. The van der Waals surface area contributed by atoms with E-state index in [0.29, 0.717) is 41.8 Å². The van der Waals surface area contributed by atoms with Gasteiger partial charge in [-0.25, -0.2) is 19.3 Å². The first-order valence-corrected chi connectivity index (χ1v) is 11.6. The zero-order valence-electron chi connectivity index (χ0n) is 19.7. The number of pyridine rings is 1. The van der Waals surface area contributed by atoms with Gasteiger partial charge in [0.2, 0.25) is 5.88 Å². The van der Waals surface area contributed by atoms with Crippen molar-refractivity contribution in [3.63, 3.8) is 0 Å². The molecular formula is C27H25FN6O2. The molecule has 0 fully saturated rings. The highest BCUT2D eigenvalue weighted by Gasteiger charge is 2.17. The molecule has 9 heteroatoms. The van der Waals surface area contributed by atoms with Gasteiger partial charge in [-0.1, -0.05) is 24.3 Å². The molecule has 0 radical (unpaired) electrons. The summed E-state index contributed by atoms with van der Waals surface area (Å²) in [5.41, 5.74) is 10.8. The number of aromatic nitrogens is 5. The molecule has 3 N–H and O–H groups in total. The number of H-pyrrole nitrogens is 1. The maximum absolute atomic E-state index is 14.0. The molecule has 0 amide bonds. The molecule has 3 heterocycles. The van der Waals surface area contributed by atoms with Crippen LogP contribution >= 0.6 is 0 Å². The predicted molar refractivity (Wildman–Crippen MR) is 135 cm³/mol. The number of imidazole rings is 1. The molecule has 0 aliphatic heterocycles. The first-order chi connectivity index (χ1) is 17.6. The summed E-state index contributed by atoms with van der Waals surface area (Å²) in [5.74, 6) is 0.713. The van der Waals surface area contributed by atoms with Crippen LogP contribution in [0.4, 0.5) is 4.39 Å². The van der Waals surface area contributed by atoms with Crippen molar-refractivity contribution in [2.75, 3.05) is 13.2 Å². The monoisotopic (exact) mass is 484 g/mol. The van der Waals surface area contributed by atoms with Crippen molar-refractivity contribution in [1.82, 2.24) is 24.9 Å². The Morgan fingerprint density at radius 1 is 0.944 bits per heavy atom. The molecule has 0 aliphatic rings. The number of ether oxygens (including phenoxy) is 2. The summed E-state index contributed by atoms with van der Waals surface area (Å²) in [7, 11) is 0. The van der Waals surface area contributed by atoms with E-state index in [1.165, 1.54) is 6.07 Å². The van der Waals surface area contributed by atoms with Crippen molar-refractivity contribution < 1.29 is 13.9 Å². The second kappa shape index (κ2) is 10.5. The summed E-state index contributed by atoms with van der Waals surface area (Å²) in [6.45, 7) is 3.01. The quantitative estimate of drug-likeness (QED) is 0.288. The molecule has 5 aromatic rings. The van der Waals surface area contributed by atoms with Crippen LogP contribution in [0.15, 0.2) is 66.9 Å². The number of hydrogen-bond donors (Lipinski definition) is 2. The van der Waals surface area contributed by atoms with E-state index in [-0.39, 0.29) is 12.4 Å². The highest BCUT2D eigenvalue weighted by molar-refractivity contribution is 5.85. The summed E-state index contributed by atoms with van der Waals surface area (Å²) < 4.78 is 25.4. The van der Waals surface area contributed by atoms with E-state index in [0.717, 1.165) is 28.9 Å². The average molecular weight is 485 g/mol. The highest BCUT2D eigenvalue weighted by Crippen LogP contribution is 2.31. The Morgan fingerprint density at radius 2 is 1.83 bits per heavy atom. The molecule has 0 aliphatic carbocycles. The molecule has 0 unspecified atom stereocenters. The zero-order chi connectivity index (χ0) is 24.9. The van der Waals surface area contributed by atoms with E-state index in [1.54, 1.807) is 24.4 Å². The summed E-state index contributed by atoms with van der Waals surface area (Å²) in [4.78, 5) is 21.8. The third kappa shape index (κ3) is 5.16. The molecule has 0 spiro atoms. The standard InChI is InChI=1S/C27H25FN6O2/c1-17-6-4-8-21(31-17)27-26(33-24(34-27)16-36-23-9-3-2-7-19(23)28)18-10-11-20-22(14-18)32-25(15-30-20)35-13-5-12-29/h2-4,6-11,14-15H,5,12-13,16,29H2,1H3,(H,33,34). The van der Waals surface area contributed by atoms with Crippen LogP contribution in [-0.4, -0.2) is 38.1 Å². The fourth-order valence-electron chi connectivity index (χ4n) is 3.75. The minimum absolute atomic E-state index is 0.0618. The lowest BCUT2D eigenvalue weighted by atomic mass is 10.1. The highest BCUT2D eigenvalue weighted by atomic mass is 19.1. The van der Waals surface area contributed by atoms with Gasteiger partial charge < -0.3 is 20.2 Å². The van der Waals surface area contributed by atoms with Gasteiger partial charge in [0.1, 0.15) is 18.1 Å². The fourth-order valence-corrected chi connectivity index (χ4v) is 3.75. The van der Waals surface area contributed by atoms with E-state index in [9.17, 15) is 4.39 Å². The Bertz CT molecular complexity index is 1500. The van der Waals surface area contributed by atoms with Crippen molar-refractivity contribution in [3.05, 3.63) is 84.2 Å². The van der Waals surface area contributed by atoms with Gasteiger partial charge in [-0.3, -0.25) is 4.98 Å². The minimum Gasteiger partial charge on any atom is -0.483 e. The first-order valence-electron chi connectivity index (χ1n) is 11.6. The van der Waals surface area contributed by atoms with Gasteiger partial charge in [0.15, 0.2) is 11.6 Å². The van der Waals surface area contributed by atoms with Crippen LogP contribution < -0.4 is 15.2 Å². The van der Waals surface area contributed by atoms with Crippen molar-refractivity contribution >= 4 is 11.0 Å². The number of aromatic amines is 1. The van der Waals surface area contributed by atoms with Crippen LogP contribution in [0.25, 0.3) is 33.7 Å². The Hall–Kier alpha value is -4.37. The van der Waals surface area contributed by atoms with Gasteiger partial charge >= 0.3 is 0 Å². The van der Waals surface area contributed by atoms with Gasteiger partial charge in [-0.05, 0) is 56.3 Å². The first kappa shape index (κ1) is 23.4. The largest absolute Gasteiger partial charge is 0.483 e. The van der Waals surface area contributed by atoms with E-state index in [4.69, 9.17) is 20.2 Å². The van der Waals surface area contributed by atoms with E-state index < -0.39 is 5.82 Å². The number of nitrogens with zero attached hydrogens (tertiary/aromatic N) is 4. The lowest BCUT2D eigenvalue weighted by Crippen LogP contribution is -2.07. The number of nitrogens with two attached hydrogens (primary N) is 1. The zero-order valence-corrected chi connectivity index (χ0v) is 19.7. The molecule has 5 rings (SSSR count). The summed E-state index contributed by atoms with van der Waals surface area (Å²) in [6, 6.07) is 17.8. The summed E-state index contributed by atoms with van der Waals surface area (Å²) >= 11 is 0. The molecule has 182 valence electrons. The smallest absolute Gasteiger partial charge is 0.232 e. The van der Waals surface area contributed by atoms with Crippen LogP contribution in [0.5, 0.6) is 11.6 Å². The third-order valence-electron chi connectivity index (χ3n) is 5.49. The molecule has 8 nitrogen and oxygen atoms in total. The van der Waals surface area contributed by atoms with E-state index in [2.05, 4.69) is 19.9 Å². The SMILES string of the molecule is Cc1cccc(-c2nc(COc3ccccc3F)[nH]c2-c2ccc3ncc(OCCCN)nc3c2)n1. The van der Waals surface area contributed by atoms with E-state index >= 15 is 0 Å². The second-order valence-corrected chi connectivity index (χ2v) is 8.19. The summed E-state index contributed by atoms with van der Waals surface area (Å²) in [5, 5.41) is 0. The maximum Gasteiger partial charge on any atom is 0.232 e. The molecular weight excluding hydrogens is 459 g/mol. The maximum atomic E-state index is 14.0. The van der Waals surface area contributed by atoms with Crippen LogP contribution in [0.1, 0.15) is 17.9 Å². The Labute approximate surface area is 207 Å². The topological polar surface area (TPSA) is 112 Å². The van der Waals surface area contributed by atoms with Crippen molar-refractivity contribution in [3.8, 4) is 34.3 Å². The Morgan fingerprint density at radius 3 is 2.67 bits per heavy atom. The number of nitrogens with one attached hydrogen (secondary N) is 1. The predicted octanol–water partition coefficient (Wildman–Crippen LogP) is 4.84. The minimum atomic E-state index is -0.428. The molecule has 2 aromatic carbocycles. The number of fused-ring (bicyclic) bond motifs is 1. The van der Waals surface area contributed by atoms with Gasteiger partial charge in [-0.15, -0.1) is 0 Å². The van der Waals surface area contributed by atoms with Gasteiger partial charge in [-0.2, -0.15) is 0 Å². The molecule has 36 heavy (non-hydrogen) atoms. The van der Waals surface area contributed by atoms with E-state index in [1.807, 2.05) is 43.3 Å². The van der Waals surface area contributed by atoms with Crippen LogP contribution in [-0.2, 0) is 6.61 Å². The van der Waals surface area contributed by atoms with Crippen molar-refractivity contribution in [1.29, 1.82) is 0 Å². The lowest BCUT2D eigenvalue weighted by molar-refractivity contribution is 0.282.